The van der Waals surface area contributed by atoms with Crippen molar-refractivity contribution in [3.05, 3.63) is 12.7 Å². The normalized spacial score (nSPS) is 39.8. The van der Waals surface area contributed by atoms with E-state index in [0.717, 1.165) is 19.3 Å². The highest BCUT2D eigenvalue weighted by molar-refractivity contribution is 5.82. The van der Waals surface area contributed by atoms with Gasteiger partial charge in [0.15, 0.2) is 0 Å². The number of nitrogens with one attached hydrogen (secondary N) is 1. The van der Waals surface area contributed by atoms with Crippen LogP contribution >= 0.6 is 0 Å². The lowest BCUT2D eigenvalue weighted by Crippen LogP contribution is -2.65. The Hall–Kier alpha value is -0.630. The van der Waals surface area contributed by atoms with Crippen LogP contribution in [0, 0.1) is 11.8 Å². The van der Waals surface area contributed by atoms with Gasteiger partial charge in [-0.15, -0.1) is 6.58 Å². The maximum atomic E-state index is 12.1. The molecular formula is C16H27NO. The lowest BCUT2D eigenvalue weighted by atomic mass is 9.63. The van der Waals surface area contributed by atoms with E-state index in [1.54, 1.807) is 0 Å². The van der Waals surface area contributed by atoms with Gasteiger partial charge in [-0.2, -0.15) is 0 Å². The maximum absolute atomic E-state index is 12.1. The van der Waals surface area contributed by atoms with Gasteiger partial charge in [-0.05, 0) is 51.4 Å². The van der Waals surface area contributed by atoms with Gasteiger partial charge in [0.05, 0.1) is 0 Å². The average Bonchev–Trinajstić information content (AvgIpc) is 2.21. The first kappa shape index (κ1) is 13.8. The Labute approximate surface area is 111 Å². The molecule has 2 nitrogen and oxygen atoms in total. The van der Waals surface area contributed by atoms with E-state index >= 15 is 0 Å². The third-order valence-corrected chi connectivity index (χ3v) is 4.84. The molecule has 1 N–H and O–H groups in total. The Morgan fingerprint density at radius 1 is 1.39 bits per heavy atom. The molecule has 2 rings (SSSR count). The second-order valence-corrected chi connectivity index (χ2v) is 7.13. The smallest absolute Gasteiger partial charge is 0.136 e. The number of carbonyl (C=O) groups is 1. The monoisotopic (exact) mass is 249 g/mol. The molecule has 0 radical (unpaired) electrons. The molecule has 0 aromatic rings. The van der Waals surface area contributed by atoms with E-state index in [9.17, 15) is 4.79 Å². The molecule has 1 spiro atoms. The van der Waals surface area contributed by atoms with Crippen molar-refractivity contribution in [3.63, 3.8) is 0 Å². The molecule has 2 fully saturated rings. The molecule has 2 heteroatoms. The summed E-state index contributed by atoms with van der Waals surface area (Å²) in [6.45, 7) is 10.5. The zero-order valence-electron chi connectivity index (χ0n) is 12.1. The minimum Gasteiger partial charge on any atom is -0.305 e. The number of rotatable bonds is 2. The van der Waals surface area contributed by atoms with Gasteiger partial charge in [0.1, 0.15) is 5.78 Å². The highest BCUT2D eigenvalue weighted by Crippen LogP contribution is 2.44. The summed E-state index contributed by atoms with van der Waals surface area (Å²) in [5, 5.41) is 3.82. The predicted octanol–water partition coefficient (Wildman–Crippen LogP) is 3.47. The Bertz CT molecular complexity index is 347. The molecule has 3 unspecified atom stereocenters. The topological polar surface area (TPSA) is 29.1 Å². The Morgan fingerprint density at radius 3 is 2.72 bits per heavy atom. The van der Waals surface area contributed by atoms with Gasteiger partial charge in [-0.1, -0.05) is 13.0 Å². The molecule has 1 aliphatic heterocycles. The van der Waals surface area contributed by atoms with Crippen molar-refractivity contribution in [1.82, 2.24) is 5.32 Å². The molecule has 0 bridgehead atoms. The summed E-state index contributed by atoms with van der Waals surface area (Å²) in [6, 6.07) is 0. The Kier molecular flexibility index (Phi) is 3.68. The first-order valence-electron chi connectivity index (χ1n) is 7.29. The van der Waals surface area contributed by atoms with Crippen molar-refractivity contribution < 1.29 is 4.79 Å². The number of carbonyl (C=O) groups excluding carboxylic acids is 1. The summed E-state index contributed by atoms with van der Waals surface area (Å²) < 4.78 is 0. The van der Waals surface area contributed by atoms with Gasteiger partial charge >= 0.3 is 0 Å². The quantitative estimate of drug-likeness (QED) is 0.759. The van der Waals surface area contributed by atoms with Gasteiger partial charge < -0.3 is 5.32 Å². The molecule has 0 aromatic heterocycles. The second kappa shape index (κ2) is 4.80. The Balaban J connectivity index is 2.20. The van der Waals surface area contributed by atoms with Crippen LogP contribution in [-0.4, -0.2) is 16.9 Å². The van der Waals surface area contributed by atoms with Gasteiger partial charge in [-0.3, -0.25) is 4.79 Å². The summed E-state index contributed by atoms with van der Waals surface area (Å²) in [6.07, 6.45) is 8.17. The molecule has 0 aromatic carbocycles. The van der Waals surface area contributed by atoms with Gasteiger partial charge in [0.25, 0.3) is 0 Å². The van der Waals surface area contributed by atoms with Gasteiger partial charge in [-0.25, -0.2) is 0 Å². The molecule has 1 aliphatic carbocycles. The number of allylic oxidation sites excluding steroid dienone is 1. The fraction of sp³-hybridized carbons (Fsp3) is 0.812. The van der Waals surface area contributed by atoms with Crippen LogP contribution in [0.1, 0.15) is 59.3 Å². The van der Waals surface area contributed by atoms with E-state index in [1.807, 2.05) is 6.08 Å². The summed E-state index contributed by atoms with van der Waals surface area (Å²) in [5.41, 5.74) is 0.00439. The van der Waals surface area contributed by atoms with Crippen molar-refractivity contribution >= 4 is 5.78 Å². The van der Waals surface area contributed by atoms with E-state index in [1.165, 1.54) is 12.8 Å². The first-order valence-corrected chi connectivity index (χ1v) is 7.29. The van der Waals surface area contributed by atoms with E-state index in [4.69, 9.17) is 0 Å². The van der Waals surface area contributed by atoms with E-state index < -0.39 is 0 Å². The standard InChI is InChI=1S/C16H27NO/c1-5-6-13-8-7-12(2)16(9-13)11-14(18)10-15(3,4)17-16/h5,12-13,17H,1,6-11H2,2-4H3. The lowest BCUT2D eigenvalue weighted by Gasteiger charge is -2.53. The average molecular weight is 249 g/mol. The van der Waals surface area contributed by atoms with Crippen molar-refractivity contribution in [3.8, 4) is 0 Å². The molecular weight excluding hydrogens is 222 g/mol. The molecule has 2 aliphatic rings. The third kappa shape index (κ3) is 2.69. The van der Waals surface area contributed by atoms with Crippen LogP contribution in [0.4, 0.5) is 0 Å². The van der Waals surface area contributed by atoms with Crippen LogP contribution in [0.2, 0.25) is 0 Å². The number of Topliss-reactive ketones (excluding diaryl/α,β-unsaturated/α-hetero) is 1. The largest absolute Gasteiger partial charge is 0.305 e. The van der Waals surface area contributed by atoms with Gasteiger partial charge in [0, 0.05) is 23.9 Å². The molecule has 1 heterocycles. The van der Waals surface area contributed by atoms with E-state index in [-0.39, 0.29) is 11.1 Å². The molecule has 1 saturated heterocycles. The summed E-state index contributed by atoms with van der Waals surface area (Å²) in [5.74, 6) is 1.74. The van der Waals surface area contributed by atoms with Crippen molar-refractivity contribution in [2.75, 3.05) is 0 Å². The van der Waals surface area contributed by atoms with Crippen LogP contribution in [0.5, 0.6) is 0 Å². The highest BCUT2D eigenvalue weighted by Gasteiger charge is 2.48. The highest BCUT2D eigenvalue weighted by atomic mass is 16.1. The first-order chi connectivity index (χ1) is 8.37. The molecule has 1 saturated carbocycles. The molecule has 0 amide bonds. The maximum Gasteiger partial charge on any atom is 0.136 e. The van der Waals surface area contributed by atoms with Crippen LogP contribution in [0.3, 0.4) is 0 Å². The van der Waals surface area contributed by atoms with Crippen LogP contribution in [-0.2, 0) is 4.79 Å². The summed E-state index contributed by atoms with van der Waals surface area (Å²) in [7, 11) is 0. The number of ketones is 1. The van der Waals surface area contributed by atoms with Crippen LogP contribution in [0.25, 0.3) is 0 Å². The zero-order chi connectivity index (χ0) is 13.4. The lowest BCUT2D eigenvalue weighted by molar-refractivity contribution is -0.127. The summed E-state index contributed by atoms with van der Waals surface area (Å²) in [4.78, 5) is 12.1. The van der Waals surface area contributed by atoms with Crippen molar-refractivity contribution in [1.29, 1.82) is 0 Å². The minimum absolute atomic E-state index is 0.0420. The van der Waals surface area contributed by atoms with Crippen LogP contribution < -0.4 is 5.32 Å². The van der Waals surface area contributed by atoms with Crippen molar-refractivity contribution in [2.24, 2.45) is 11.8 Å². The molecule has 18 heavy (non-hydrogen) atoms. The number of hydrogen-bond donors (Lipinski definition) is 1. The fourth-order valence-electron chi connectivity index (χ4n) is 4.11. The number of hydrogen-bond acceptors (Lipinski definition) is 2. The number of piperidine rings is 1. The SMILES string of the molecule is C=CCC1CCC(C)C2(CC(=O)CC(C)(C)N2)C1. The zero-order valence-corrected chi connectivity index (χ0v) is 12.1. The Morgan fingerprint density at radius 2 is 2.11 bits per heavy atom. The summed E-state index contributed by atoms with van der Waals surface area (Å²) >= 11 is 0. The van der Waals surface area contributed by atoms with E-state index in [0.29, 0.717) is 24.0 Å². The molecule has 3 atom stereocenters. The van der Waals surface area contributed by atoms with Crippen LogP contribution in [0.15, 0.2) is 12.7 Å². The molecule has 102 valence electrons. The minimum atomic E-state index is -0.0420. The van der Waals surface area contributed by atoms with E-state index in [2.05, 4.69) is 32.7 Å². The van der Waals surface area contributed by atoms with Gasteiger partial charge in [0.2, 0.25) is 0 Å². The predicted molar refractivity (Wildman–Crippen MR) is 75.5 cm³/mol. The second-order valence-electron chi connectivity index (χ2n) is 7.13. The fourth-order valence-corrected chi connectivity index (χ4v) is 4.11. The van der Waals surface area contributed by atoms with Crippen molar-refractivity contribution in [2.45, 2.75) is 70.4 Å². The third-order valence-electron chi connectivity index (χ3n) is 4.84.